The second kappa shape index (κ2) is 7.94. The zero-order chi connectivity index (χ0) is 15.9. The topological polar surface area (TPSA) is 49.9 Å². The third-order valence-electron chi connectivity index (χ3n) is 3.85. The Hall–Kier alpha value is -1.88. The van der Waals surface area contributed by atoms with Crippen molar-refractivity contribution in [2.24, 2.45) is 0 Å². The molecule has 1 saturated heterocycles. The number of rotatable bonds is 4. The Morgan fingerprint density at radius 3 is 2.73 bits per heavy atom. The number of para-hydroxylation sites is 1. The summed E-state index contributed by atoms with van der Waals surface area (Å²) in [5, 5.41) is 0. The molecule has 22 heavy (non-hydrogen) atoms. The first-order valence-corrected chi connectivity index (χ1v) is 7.87. The molecule has 120 valence electrons. The normalized spacial score (nSPS) is 18.1. The van der Waals surface area contributed by atoms with Crippen LogP contribution in [0.2, 0.25) is 0 Å². The highest BCUT2D eigenvalue weighted by atomic mass is 16.5. The molecule has 1 aromatic carbocycles. The predicted octanol–water partition coefficient (Wildman–Crippen LogP) is 2.07. The van der Waals surface area contributed by atoms with Crippen molar-refractivity contribution in [2.75, 3.05) is 31.6 Å². The van der Waals surface area contributed by atoms with E-state index >= 15 is 0 Å². The number of likely N-dealkylation sites (tertiary alicyclic amines) is 1. The molecule has 0 N–H and O–H groups in total. The maximum atomic E-state index is 12.4. The molecule has 2 amide bonds. The number of hydrogen-bond donors (Lipinski definition) is 0. The summed E-state index contributed by atoms with van der Waals surface area (Å²) in [6.07, 6.45) is 2.84. The van der Waals surface area contributed by atoms with E-state index in [2.05, 4.69) is 6.92 Å². The SMILES string of the molecule is CCCOC1CCCN(C(=O)C(=O)N(C)c2ccccc2)C1. The van der Waals surface area contributed by atoms with Gasteiger partial charge in [0.1, 0.15) is 0 Å². The van der Waals surface area contributed by atoms with Crippen LogP contribution < -0.4 is 4.90 Å². The second-order valence-corrected chi connectivity index (χ2v) is 5.59. The van der Waals surface area contributed by atoms with Gasteiger partial charge in [0.2, 0.25) is 0 Å². The van der Waals surface area contributed by atoms with Gasteiger partial charge in [-0.15, -0.1) is 0 Å². The van der Waals surface area contributed by atoms with Crippen LogP contribution in [-0.4, -0.2) is 49.6 Å². The van der Waals surface area contributed by atoms with Crippen molar-refractivity contribution >= 4 is 17.5 Å². The van der Waals surface area contributed by atoms with Gasteiger partial charge in [0.15, 0.2) is 0 Å². The number of ether oxygens (including phenoxy) is 1. The Morgan fingerprint density at radius 2 is 2.05 bits per heavy atom. The first-order chi connectivity index (χ1) is 10.6. The van der Waals surface area contributed by atoms with Crippen molar-refractivity contribution in [3.8, 4) is 0 Å². The quantitative estimate of drug-likeness (QED) is 0.800. The van der Waals surface area contributed by atoms with Crippen LogP contribution in [0.4, 0.5) is 5.69 Å². The Balaban J connectivity index is 1.96. The first-order valence-electron chi connectivity index (χ1n) is 7.87. The van der Waals surface area contributed by atoms with E-state index in [-0.39, 0.29) is 6.10 Å². The van der Waals surface area contributed by atoms with Crippen LogP contribution in [0.25, 0.3) is 0 Å². The highest BCUT2D eigenvalue weighted by Crippen LogP contribution is 2.16. The van der Waals surface area contributed by atoms with Gasteiger partial charge in [-0.05, 0) is 31.4 Å². The van der Waals surface area contributed by atoms with E-state index in [1.165, 1.54) is 4.90 Å². The van der Waals surface area contributed by atoms with Gasteiger partial charge >= 0.3 is 11.8 Å². The van der Waals surface area contributed by atoms with Crippen LogP contribution in [-0.2, 0) is 14.3 Å². The lowest BCUT2D eigenvalue weighted by molar-refractivity contribution is -0.146. The molecule has 1 fully saturated rings. The van der Waals surface area contributed by atoms with Gasteiger partial charge < -0.3 is 14.5 Å². The summed E-state index contributed by atoms with van der Waals surface area (Å²) in [7, 11) is 1.63. The molecule has 0 radical (unpaired) electrons. The smallest absolute Gasteiger partial charge is 0.316 e. The van der Waals surface area contributed by atoms with Crippen molar-refractivity contribution in [1.29, 1.82) is 0 Å². The molecular formula is C17H24N2O3. The van der Waals surface area contributed by atoms with Crippen LogP contribution in [0, 0.1) is 0 Å². The lowest BCUT2D eigenvalue weighted by Gasteiger charge is -2.33. The van der Waals surface area contributed by atoms with Gasteiger partial charge in [-0.1, -0.05) is 25.1 Å². The fourth-order valence-electron chi connectivity index (χ4n) is 2.59. The number of benzene rings is 1. The number of anilines is 1. The van der Waals surface area contributed by atoms with E-state index < -0.39 is 11.8 Å². The van der Waals surface area contributed by atoms with E-state index in [1.807, 2.05) is 30.3 Å². The molecule has 1 aliphatic rings. The van der Waals surface area contributed by atoms with Crippen molar-refractivity contribution in [3.63, 3.8) is 0 Å². The van der Waals surface area contributed by atoms with Gasteiger partial charge in [-0.25, -0.2) is 0 Å². The average molecular weight is 304 g/mol. The third kappa shape index (κ3) is 4.07. The van der Waals surface area contributed by atoms with Gasteiger partial charge in [0, 0.05) is 32.4 Å². The standard InChI is InChI=1S/C17H24N2O3/c1-3-12-22-15-10-7-11-19(13-15)17(21)16(20)18(2)14-8-5-4-6-9-14/h4-6,8-9,15H,3,7,10-13H2,1-2H3. The maximum Gasteiger partial charge on any atom is 0.316 e. The summed E-state index contributed by atoms with van der Waals surface area (Å²) in [6, 6.07) is 9.20. The first kappa shape index (κ1) is 16.5. The molecule has 1 unspecified atom stereocenters. The van der Waals surface area contributed by atoms with Crippen LogP contribution in [0.3, 0.4) is 0 Å². The molecule has 2 rings (SSSR count). The summed E-state index contributed by atoms with van der Waals surface area (Å²) in [6.45, 7) is 3.89. The number of nitrogens with zero attached hydrogens (tertiary/aromatic N) is 2. The van der Waals surface area contributed by atoms with Crippen LogP contribution in [0.1, 0.15) is 26.2 Å². The lowest BCUT2D eigenvalue weighted by atomic mass is 10.1. The Morgan fingerprint density at radius 1 is 1.32 bits per heavy atom. The molecule has 0 saturated carbocycles. The fraction of sp³-hybridized carbons (Fsp3) is 0.529. The van der Waals surface area contributed by atoms with Gasteiger partial charge in [-0.3, -0.25) is 9.59 Å². The average Bonchev–Trinajstić information content (AvgIpc) is 2.59. The molecule has 0 aliphatic carbocycles. The largest absolute Gasteiger partial charge is 0.376 e. The maximum absolute atomic E-state index is 12.4. The summed E-state index contributed by atoms with van der Waals surface area (Å²) in [5.74, 6) is -0.946. The molecule has 5 nitrogen and oxygen atoms in total. The number of likely N-dealkylation sites (N-methyl/N-ethyl adjacent to an activating group) is 1. The third-order valence-corrected chi connectivity index (χ3v) is 3.85. The molecule has 0 aromatic heterocycles. The van der Waals surface area contributed by atoms with Crippen molar-refractivity contribution in [2.45, 2.75) is 32.3 Å². The second-order valence-electron chi connectivity index (χ2n) is 5.59. The Kier molecular flexibility index (Phi) is 5.95. The predicted molar refractivity (Wildman–Crippen MR) is 85.7 cm³/mol. The summed E-state index contributed by atoms with van der Waals surface area (Å²) >= 11 is 0. The summed E-state index contributed by atoms with van der Waals surface area (Å²) in [5.41, 5.74) is 0.719. The van der Waals surface area contributed by atoms with Crippen LogP contribution in [0.15, 0.2) is 30.3 Å². The number of carbonyl (C=O) groups is 2. The van der Waals surface area contributed by atoms with E-state index in [4.69, 9.17) is 4.74 Å². The van der Waals surface area contributed by atoms with Crippen molar-refractivity contribution < 1.29 is 14.3 Å². The molecule has 1 heterocycles. The Bertz CT molecular complexity index is 504. The number of hydrogen-bond acceptors (Lipinski definition) is 3. The molecular weight excluding hydrogens is 280 g/mol. The molecule has 1 atom stereocenters. The van der Waals surface area contributed by atoms with Crippen molar-refractivity contribution in [1.82, 2.24) is 4.90 Å². The minimum Gasteiger partial charge on any atom is -0.376 e. The van der Waals surface area contributed by atoms with E-state index in [0.717, 1.165) is 24.9 Å². The van der Waals surface area contributed by atoms with E-state index in [9.17, 15) is 9.59 Å². The molecule has 0 spiro atoms. The highest BCUT2D eigenvalue weighted by Gasteiger charge is 2.30. The molecule has 5 heteroatoms. The monoisotopic (exact) mass is 304 g/mol. The zero-order valence-corrected chi connectivity index (χ0v) is 13.3. The molecule has 0 bridgehead atoms. The number of carbonyl (C=O) groups excluding carboxylic acids is 2. The minimum absolute atomic E-state index is 0.0486. The minimum atomic E-state index is -0.498. The highest BCUT2D eigenvalue weighted by molar-refractivity contribution is 6.40. The summed E-state index contributed by atoms with van der Waals surface area (Å²) < 4.78 is 5.72. The molecule has 1 aromatic rings. The number of piperidine rings is 1. The number of amides is 2. The Labute approximate surface area is 131 Å². The van der Waals surface area contributed by atoms with Crippen LogP contribution >= 0.6 is 0 Å². The van der Waals surface area contributed by atoms with Crippen LogP contribution in [0.5, 0.6) is 0 Å². The lowest BCUT2D eigenvalue weighted by Crippen LogP contribution is -2.49. The van der Waals surface area contributed by atoms with Crippen molar-refractivity contribution in [3.05, 3.63) is 30.3 Å². The van der Waals surface area contributed by atoms with Gasteiger partial charge in [0.25, 0.3) is 0 Å². The van der Waals surface area contributed by atoms with Gasteiger partial charge in [0.05, 0.1) is 6.10 Å². The van der Waals surface area contributed by atoms with Gasteiger partial charge in [-0.2, -0.15) is 0 Å². The zero-order valence-electron chi connectivity index (χ0n) is 13.3. The summed E-state index contributed by atoms with van der Waals surface area (Å²) in [4.78, 5) is 27.8. The fourth-order valence-corrected chi connectivity index (χ4v) is 2.59. The van der Waals surface area contributed by atoms with E-state index in [0.29, 0.717) is 19.7 Å². The molecule has 1 aliphatic heterocycles. The van der Waals surface area contributed by atoms with E-state index in [1.54, 1.807) is 11.9 Å².